The van der Waals surface area contributed by atoms with Crippen LogP contribution in [-0.2, 0) is 0 Å². The zero-order chi connectivity index (χ0) is 8.10. The van der Waals surface area contributed by atoms with Crippen LogP contribution >= 0.6 is 0 Å². The van der Waals surface area contributed by atoms with Gasteiger partial charge in [-0.2, -0.15) is 0 Å². The minimum absolute atomic E-state index is 0.00345. The predicted molar refractivity (Wildman–Crippen MR) is 47.4 cm³/mol. The van der Waals surface area contributed by atoms with Crippen LogP contribution < -0.4 is 0 Å². The Balaban J connectivity index is 2.03. The molecule has 0 amide bonds. The van der Waals surface area contributed by atoms with Gasteiger partial charge in [-0.05, 0) is 38.0 Å². The van der Waals surface area contributed by atoms with Gasteiger partial charge in [0.25, 0.3) is 0 Å². The van der Waals surface area contributed by atoms with Crippen LogP contribution in [0.3, 0.4) is 0 Å². The Kier molecular flexibility index (Phi) is 3.64. The maximum Gasteiger partial charge on any atom is 0.0543 e. The largest absolute Gasteiger partial charge is 0.393 e. The van der Waals surface area contributed by atoms with Crippen LogP contribution in [0.1, 0.15) is 38.5 Å². The number of unbranched alkanes of at least 4 members (excludes halogenated alkanes) is 1. The van der Waals surface area contributed by atoms with Crippen molar-refractivity contribution in [2.75, 3.05) is 0 Å². The third kappa shape index (κ3) is 3.06. The molecule has 2 unspecified atom stereocenters. The molecule has 1 nitrogen and oxygen atoms in total. The Morgan fingerprint density at radius 3 is 2.82 bits per heavy atom. The molecular formula is C10H18O. The second-order valence-corrected chi connectivity index (χ2v) is 3.55. The summed E-state index contributed by atoms with van der Waals surface area (Å²) in [5, 5.41) is 9.24. The number of allylic oxidation sites excluding steroid dienone is 1. The van der Waals surface area contributed by atoms with E-state index in [1.165, 1.54) is 19.3 Å². The average molecular weight is 154 g/mol. The molecule has 64 valence electrons. The van der Waals surface area contributed by atoms with Crippen LogP contribution in [0.5, 0.6) is 0 Å². The highest BCUT2D eigenvalue weighted by atomic mass is 16.3. The second kappa shape index (κ2) is 4.55. The lowest BCUT2D eigenvalue weighted by molar-refractivity contribution is 0.176. The standard InChI is InChI=1S/C10H18O/c1-2-3-4-5-9-6-7-10(11)8-9/h2,9-11H,1,3-8H2. The number of aliphatic hydroxyl groups is 1. The van der Waals surface area contributed by atoms with Gasteiger partial charge in [0.1, 0.15) is 0 Å². The molecule has 1 aliphatic rings. The molecule has 0 saturated heterocycles. The van der Waals surface area contributed by atoms with E-state index in [0.717, 1.165) is 25.2 Å². The number of rotatable bonds is 4. The average Bonchev–Trinajstić information content (AvgIpc) is 2.37. The van der Waals surface area contributed by atoms with Gasteiger partial charge >= 0.3 is 0 Å². The zero-order valence-electron chi connectivity index (χ0n) is 7.13. The van der Waals surface area contributed by atoms with Gasteiger partial charge in [-0.15, -0.1) is 6.58 Å². The zero-order valence-corrected chi connectivity index (χ0v) is 7.13. The quantitative estimate of drug-likeness (QED) is 0.487. The molecule has 11 heavy (non-hydrogen) atoms. The van der Waals surface area contributed by atoms with E-state index >= 15 is 0 Å². The smallest absolute Gasteiger partial charge is 0.0543 e. The first-order chi connectivity index (χ1) is 5.33. The van der Waals surface area contributed by atoms with Crippen molar-refractivity contribution in [3.05, 3.63) is 12.7 Å². The topological polar surface area (TPSA) is 20.2 Å². The van der Waals surface area contributed by atoms with Crippen LogP contribution in [-0.4, -0.2) is 11.2 Å². The summed E-state index contributed by atoms with van der Waals surface area (Å²) >= 11 is 0. The van der Waals surface area contributed by atoms with Crippen molar-refractivity contribution in [1.82, 2.24) is 0 Å². The van der Waals surface area contributed by atoms with Gasteiger partial charge in [0, 0.05) is 0 Å². The van der Waals surface area contributed by atoms with E-state index in [4.69, 9.17) is 0 Å². The summed E-state index contributed by atoms with van der Waals surface area (Å²) in [7, 11) is 0. The Hall–Kier alpha value is -0.300. The summed E-state index contributed by atoms with van der Waals surface area (Å²) in [4.78, 5) is 0. The van der Waals surface area contributed by atoms with Gasteiger partial charge in [0.05, 0.1) is 6.10 Å². The lowest BCUT2D eigenvalue weighted by atomic mass is 10.0. The SMILES string of the molecule is C=CCCCC1CCC(O)C1. The summed E-state index contributed by atoms with van der Waals surface area (Å²) in [5.74, 6) is 0.796. The van der Waals surface area contributed by atoms with E-state index in [9.17, 15) is 5.11 Å². The van der Waals surface area contributed by atoms with E-state index in [2.05, 4.69) is 6.58 Å². The summed E-state index contributed by atoms with van der Waals surface area (Å²) in [5.41, 5.74) is 0. The highest BCUT2D eigenvalue weighted by Crippen LogP contribution is 2.29. The van der Waals surface area contributed by atoms with Gasteiger partial charge in [-0.25, -0.2) is 0 Å². The van der Waals surface area contributed by atoms with Crippen LogP contribution in [0.4, 0.5) is 0 Å². The normalized spacial score (nSPS) is 30.6. The fourth-order valence-electron chi connectivity index (χ4n) is 1.86. The first-order valence-corrected chi connectivity index (χ1v) is 4.62. The summed E-state index contributed by atoms with van der Waals surface area (Å²) < 4.78 is 0. The third-order valence-corrected chi connectivity index (χ3v) is 2.53. The fraction of sp³-hybridized carbons (Fsp3) is 0.800. The maximum atomic E-state index is 9.24. The molecule has 1 aliphatic carbocycles. The molecule has 0 spiro atoms. The highest BCUT2D eigenvalue weighted by Gasteiger charge is 2.21. The molecule has 1 fully saturated rings. The molecule has 0 aromatic carbocycles. The minimum atomic E-state index is 0.00345. The minimum Gasteiger partial charge on any atom is -0.393 e. The van der Waals surface area contributed by atoms with Gasteiger partial charge in [-0.1, -0.05) is 12.5 Å². The summed E-state index contributed by atoms with van der Waals surface area (Å²) in [6, 6.07) is 0. The lowest BCUT2D eigenvalue weighted by Gasteiger charge is -2.06. The molecule has 0 aliphatic heterocycles. The van der Waals surface area contributed by atoms with Crippen molar-refractivity contribution < 1.29 is 5.11 Å². The first-order valence-electron chi connectivity index (χ1n) is 4.62. The van der Waals surface area contributed by atoms with Crippen LogP contribution in [0.15, 0.2) is 12.7 Å². The van der Waals surface area contributed by atoms with E-state index < -0.39 is 0 Å². The van der Waals surface area contributed by atoms with Gasteiger partial charge in [0.15, 0.2) is 0 Å². The molecule has 2 atom stereocenters. The van der Waals surface area contributed by atoms with Crippen molar-refractivity contribution in [3.8, 4) is 0 Å². The van der Waals surface area contributed by atoms with Crippen molar-refractivity contribution in [3.63, 3.8) is 0 Å². The van der Waals surface area contributed by atoms with Gasteiger partial charge in [0.2, 0.25) is 0 Å². The fourth-order valence-corrected chi connectivity index (χ4v) is 1.86. The maximum absolute atomic E-state index is 9.24. The van der Waals surface area contributed by atoms with E-state index in [1.807, 2.05) is 6.08 Å². The Morgan fingerprint density at radius 2 is 2.27 bits per heavy atom. The number of hydrogen-bond acceptors (Lipinski definition) is 1. The van der Waals surface area contributed by atoms with Crippen molar-refractivity contribution in [1.29, 1.82) is 0 Å². The van der Waals surface area contributed by atoms with E-state index in [0.29, 0.717) is 0 Å². The Morgan fingerprint density at radius 1 is 1.45 bits per heavy atom. The molecule has 1 saturated carbocycles. The monoisotopic (exact) mass is 154 g/mol. The third-order valence-electron chi connectivity index (χ3n) is 2.53. The van der Waals surface area contributed by atoms with Crippen molar-refractivity contribution in [2.45, 2.75) is 44.6 Å². The molecular weight excluding hydrogens is 136 g/mol. The molecule has 0 bridgehead atoms. The van der Waals surface area contributed by atoms with Gasteiger partial charge < -0.3 is 5.11 Å². The molecule has 1 N–H and O–H groups in total. The van der Waals surface area contributed by atoms with Crippen LogP contribution in [0.2, 0.25) is 0 Å². The first kappa shape index (κ1) is 8.79. The molecule has 1 heteroatoms. The van der Waals surface area contributed by atoms with Crippen molar-refractivity contribution >= 4 is 0 Å². The summed E-state index contributed by atoms with van der Waals surface area (Å²) in [6.07, 6.45) is 8.94. The molecule has 0 aromatic heterocycles. The Bertz CT molecular complexity index is 120. The molecule has 0 radical (unpaired) electrons. The Labute approximate surface area is 69.1 Å². The summed E-state index contributed by atoms with van der Waals surface area (Å²) in [6.45, 7) is 3.69. The molecule has 1 rings (SSSR count). The highest BCUT2D eigenvalue weighted by molar-refractivity contribution is 4.75. The van der Waals surface area contributed by atoms with E-state index in [1.54, 1.807) is 0 Å². The van der Waals surface area contributed by atoms with Crippen LogP contribution in [0.25, 0.3) is 0 Å². The van der Waals surface area contributed by atoms with Crippen molar-refractivity contribution in [2.24, 2.45) is 5.92 Å². The number of hydrogen-bond donors (Lipinski definition) is 1. The second-order valence-electron chi connectivity index (χ2n) is 3.55. The lowest BCUT2D eigenvalue weighted by Crippen LogP contribution is -1.99. The predicted octanol–water partition coefficient (Wildman–Crippen LogP) is 2.50. The molecule has 0 aromatic rings. The van der Waals surface area contributed by atoms with Crippen LogP contribution in [0, 0.1) is 5.92 Å². The number of aliphatic hydroxyl groups excluding tert-OH is 1. The molecule has 0 heterocycles. The van der Waals surface area contributed by atoms with E-state index in [-0.39, 0.29) is 6.10 Å². The van der Waals surface area contributed by atoms with Gasteiger partial charge in [-0.3, -0.25) is 0 Å².